The van der Waals surface area contributed by atoms with Crippen molar-refractivity contribution in [1.29, 1.82) is 0 Å². The van der Waals surface area contributed by atoms with Gasteiger partial charge in [-0.1, -0.05) is 32.9 Å². The van der Waals surface area contributed by atoms with Crippen molar-refractivity contribution in [3.8, 4) is 0 Å². The summed E-state index contributed by atoms with van der Waals surface area (Å²) in [5, 5.41) is 9.58. The van der Waals surface area contributed by atoms with E-state index in [0.29, 0.717) is 31.1 Å². The summed E-state index contributed by atoms with van der Waals surface area (Å²) in [4.78, 5) is 18.9. The average molecular weight is 404 g/mol. The van der Waals surface area contributed by atoms with E-state index in [-0.39, 0.29) is 12.0 Å². The molecule has 3 N–H and O–H groups in total. The summed E-state index contributed by atoms with van der Waals surface area (Å²) >= 11 is 0. The second-order valence-electron chi connectivity index (χ2n) is 7.91. The number of hydrogen-bond acceptors (Lipinski definition) is 4. The first-order valence-corrected chi connectivity index (χ1v) is 10.7. The molecule has 29 heavy (non-hydrogen) atoms. The van der Waals surface area contributed by atoms with Gasteiger partial charge >= 0.3 is 0 Å². The van der Waals surface area contributed by atoms with Gasteiger partial charge in [0.25, 0.3) is 5.91 Å². The molecule has 1 aromatic carbocycles. The molecule has 0 aliphatic carbocycles. The minimum Gasteiger partial charge on any atom is -0.374 e. The Balaban J connectivity index is 1.79. The summed E-state index contributed by atoms with van der Waals surface area (Å²) in [6.07, 6.45) is 1.08. The number of hydrogen-bond donors (Lipinski definition) is 3. The minimum absolute atomic E-state index is 0.0309. The van der Waals surface area contributed by atoms with E-state index < -0.39 is 0 Å². The minimum atomic E-state index is -0.0309. The molecule has 7 nitrogen and oxygen atoms in total. The van der Waals surface area contributed by atoms with Gasteiger partial charge in [0.2, 0.25) is 0 Å². The highest BCUT2D eigenvalue weighted by Crippen LogP contribution is 2.08. The maximum Gasteiger partial charge on any atom is 0.251 e. The van der Waals surface area contributed by atoms with Crippen LogP contribution in [-0.4, -0.2) is 69.2 Å². The first-order valence-electron chi connectivity index (χ1n) is 10.7. The lowest BCUT2D eigenvalue weighted by Crippen LogP contribution is -2.50. The average Bonchev–Trinajstić information content (AvgIpc) is 2.72. The van der Waals surface area contributed by atoms with E-state index in [1.165, 1.54) is 0 Å². The van der Waals surface area contributed by atoms with Crippen molar-refractivity contribution in [2.75, 3.05) is 46.4 Å². The number of guanidine groups is 1. The fraction of sp³-hybridized carbons (Fsp3) is 0.636. The molecule has 1 fully saturated rings. The van der Waals surface area contributed by atoms with Gasteiger partial charge in [-0.2, -0.15) is 0 Å². The van der Waals surface area contributed by atoms with Gasteiger partial charge in [0, 0.05) is 51.9 Å². The molecular formula is C22H37N5O2. The highest BCUT2D eigenvalue weighted by molar-refractivity contribution is 5.94. The number of nitrogens with zero attached hydrogens (tertiary/aromatic N) is 2. The lowest BCUT2D eigenvalue weighted by atomic mass is 10.1. The van der Waals surface area contributed by atoms with E-state index in [1.54, 1.807) is 7.05 Å². The van der Waals surface area contributed by atoms with Gasteiger partial charge in [0.15, 0.2) is 5.96 Å². The number of amides is 1. The monoisotopic (exact) mass is 403 g/mol. The Morgan fingerprint density at radius 2 is 2.14 bits per heavy atom. The first-order chi connectivity index (χ1) is 14.0. The third kappa shape index (κ3) is 8.41. The molecule has 1 amide bonds. The van der Waals surface area contributed by atoms with Gasteiger partial charge < -0.3 is 20.7 Å². The van der Waals surface area contributed by atoms with Crippen molar-refractivity contribution in [3.05, 3.63) is 35.4 Å². The summed E-state index contributed by atoms with van der Waals surface area (Å²) in [7, 11) is 1.76. The Labute approximate surface area is 175 Å². The standard InChI is InChI=1S/C22H37N5O2/c1-5-9-24-21(28)19-8-6-7-18(12-19)13-25-22(23-4)26-14-20-16-27(10-11-29-20)15-17(2)3/h6-8,12,17,20H,5,9-11,13-16H2,1-4H3,(H,24,28)(H2,23,25,26). The fourth-order valence-corrected chi connectivity index (χ4v) is 3.37. The molecular weight excluding hydrogens is 366 g/mol. The van der Waals surface area contributed by atoms with Crippen LogP contribution in [0.5, 0.6) is 0 Å². The van der Waals surface area contributed by atoms with Crippen LogP contribution >= 0.6 is 0 Å². The zero-order chi connectivity index (χ0) is 21.1. The van der Waals surface area contributed by atoms with Gasteiger partial charge in [-0.25, -0.2) is 0 Å². The molecule has 1 aliphatic rings. The van der Waals surface area contributed by atoms with E-state index in [0.717, 1.165) is 44.2 Å². The topological polar surface area (TPSA) is 78.0 Å². The lowest BCUT2D eigenvalue weighted by molar-refractivity contribution is -0.0284. The van der Waals surface area contributed by atoms with E-state index in [9.17, 15) is 4.79 Å². The first kappa shape index (κ1) is 23.2. The number of nitrogens with one attached hydrogen (secondary N) is 3. The van der Waals surface area contributed by atoms with E-state index >= 15 is 0 Å². The zero-order valence-electron chi connectivity index (χ0n) is 18.3. The maximum absolute atomic E-state index is 12.1. The van der Waals surface area contributed by atoms with Crippen molar-refractivity contribution in [3.63, 3.8) is 0 Å². The van der Waals surface area contributed by atoms with Crippen molar-refractivity contribution in [2.24, 2.45) is 10.9 Å². The highest BCUT2D eigenvalue weighted by atomic mass is 16.5. The molecule has 1 saturated heterocycles. The number of carbonyl (C=O) groups excluding carboxylic acids is 1. The van der Waals surface area contributed by atoms with Gasteiger partial charge in [-0.05, 0) is 30.0 Å². The number of carbonyl (C=O) groups is 1. The van der Waals surface area contributed by atoms with Gasteiger partial charge in [-0.3, -0.25) is 14.7 Å². The van der Waals surface area contributed by atoms with Crippen molar-refractivity contribution in [1.82, 2.24) is 20.9 Å². The molecule has 7 heteroatoms. The number of rotatable bonds is 9. The van der Waals surface area contributed by atoms with Crippen LogP contribution in [0.2, 0.25) is 0 Å². The van der Waals surface area contributed by atoms with E-state index in [4.69, 9.17) is 4.74 Å². The van der Waals surface area contributed by atoms with Crippen molar-refractivity contribution >= 4 is 11.9 Å². The third-order valence-electron chi connectivity index (χ3n) is 4.75. The molecule has 162 valence electrons. The largest absolute Gasteiger partial charge is 0.374 e. The van der Waals surface area contributed by atoms with Gasteiger partial charge in [-0.15, -0.1) is 0 Å². The Hall–Kier alpha value is -2.12. The molecule has 1 aliphatic heterocycles. The van der Waals surface area contributed by atoms with Gasteiger partial charge in [0.05, 0.1) is 12.7 Å². The molecule has 0 radical (unpaired) electrons. The Bertz CT molecular complexity index is 662. The number of benzene rings is 1. The third-order valence-corrected chi connectivity index (χ3v) is 4.75. The summed E-state index contributed by atoms with van der Waals surface area (Å²) in [6.45, 7) is 12.4. The lowest BCUT2D eigenvalue weighted by Gasteiger charge is -2.34. The van der Waals surface area contributed by atoms with Crippen LogP contribution in [0.15, 0.2) is 29.3 Å². The summed E-state index contributed by atoms with van der Waals surface area (Å²) in [5.74, 6) is 1.36. The van der Waals surface area contributed by atoms with Crippen molar-refractivity contribution in [2.45, 2.75) is 39.8 Å². The number of aliphatic imine (C=N–C) groups is 1. The molecule has 1 atom stereocenters. The summed E-state index contributed by atoms with van der Waals surface area (Å²) in [5.41, 5.74) is 1.72. The zero-order valence-corrected chi connectivity index (χ0v) is 18.3. The molecule has 0 saturated carbocycles. The van der Waals surface area contributed by atoms with Crippen LogP contribution in [0.25, 0.3) is 0 Å². The van der Waals surface area contributed by atoms with Gasteiger partial charge in [0.1, 0.15) is 0 Å². The Kier molecular flexibility index (Phi) is 9.94. The Morgan fingerprint density at radius 1 is 1.31 bits per heavy atom. The molecule has 1 aromatic rings. The second kappa shape index (κ2) is 12.4. The molecule has 2 rings (SSSR count). The van der Waals surface area contributed by atoms with Crippen LogP contribution in [0.1, 0.15) is 43.1 Å². The molecule has 0 aromatic heterocycles. The SMILES string of the molecule is CCCNC(=O)c1cccc(CNC(=NC)NCC2CN(CC(C)C)CCO2)c1. The predicted molar refractivity (Wildman–Crippen MR) is 118 cm³/mol. The smallest absolute Gasteiger partial charge is 0.251 e. The molecule has 0 spiro atoms. The van der Waals surface area contributed by atoms with Crippen LogP contribution in [0.4, 0.5) is 0 Å². The maximum atomic E-state index is 12.1. The number of ether oxygens (including phenoxy) is 1. The fourth-order valence-electron chi connectivity index (χ4n) is 3.37. The van der Waals surface area contributed by atoms with Crippen LogP contribution in [0.3, 0.4) is 0 Å². The number of morpholine rings is 1. The highest BCUT2D eigenvalue weighted by Gasteiger charge is 2.21. The predicted octanol–water partition coefficient (Wildman–Crippen LogP) is 1.85. The summed E-state index contributed by atoms with van der Waals surface area (Å²) < 4.78 is 5.89. The van der Waals surface area contributed by atoms with Crippen LogP contribution in [-0.2, 0) is 11.3 Å². The van der Waals surface area contributed by atoms with Crippen LogP contribution < -0.4 is 16.0 Å². The molecule has 1 heterocycles. The van der Waals surface area contributed by atoms with E-state index in [2.05, 4.69) is 39.7 Å². The quantitative estimate of drug-likeness (QED) is 0.433. The van der Waals surface area contributed by atoms with Crippen LogP contribution in [0, 0.1) is 5.92 Å². The Morgan fingerprint density at radius 3 is 2.86 bits per heavy atom. The molecule has 1 unspecified atom stereocenters. The normalized spacial score (nSPS) is 18.0. The molecule has 0 bridgehead atoms. The van der Waals surface area contributed by atoms with E-state index in [1.807, 2.05) is 31.2 Å². The second-order valence-corrected chi connectivity index (χ2v) is 7.91. The summed E-state index contributed by atoms with van der Waals surface area (Å²) in [6, 6.07) is 7.67. The van der Waals surface area contributed by atoms with Crippen molar-refractivity contribution < 1.29 is 9.53 Å².